The van der Waals surface area contributed by atoms with Gasteiger partial charge in [0.2, 0.25) is 5.91 Å². The van der Waals surface area contributed by atoms with Gasteiger partial charge in [-0.25, -0.2) is 0 Å². The molecule has 1 rings (SSSR count). The minimum Gasteiger partial charge on any atom is -0.321 e. The van der Waals surface area contributed by atoms with Gasteiger partial charge in [-0.3, -0.25) is 4.79 Å². The Balaban J connectivity index is 2.93. The first kappa shape index (κ1) is 9.81. The maximum atomic E-state index is 11.0. The summed E-state index contributed by atoms with van der Waals surface area (Å²) in [6.45, 7) is 5.28. The molecule has 0 saturated heterocycles. The van der Waals surface area contributed by atoms with Gasteiger partial charge in [-0.05, 0) is 30.7 Å². The fourth-order valence-electron chi connectivity index (χ4n) is 0.919. The van der Waals surface area contributed by atoms with Gasteiger partial charge in [-0.2, -0.15) is 0 Å². The smallest absolute Gasteiger partial charge is 0.247 e. The van der Waals surface area contributed by atoms with Crippen LogP contribution >= 0.6 is 11.6 Å². The highest BCUT2D eigenvalue weighted by Gasteiger charge is 2.01. The van der Waals surface area contributed by atoms with Crippen LogP contribution in [0.2, 0.25) is 5.02 Å². The summed E-state index contributed by atoms with van der Waals surface area (Å²) in [7, 11) is 0. The molecule has 1 N–H and O–H groups in total. The number of amides is 1. The number of halogens is 1. The van der Waals surface area contributed by atoms with E-state index in [4.69, 9.17) is 11.6 Å². The topological polar surface area (TPSA) is 29.1 Å². The molecule has 0 fully saturated rings. The van der Waals surface area contributed by atoms with Gasteiger partial charge in [0.1, 0.15) is 0 Å². The predicted molar refractivity (Wildman–Crippen MR) is 55.0 cm³/mol. The number of benzene rings is 1. The van der Waals surface area contributed by atoms with Crippen molar-refractivity contribution in [3.8, 4) is 0 Å². The molecule has 0 atom stereocenters. The normalized spacial score (nSPS) is 9.38. The lowest BCUT2D eigenvalue weighted by Gasteiger charge is -2.05. The van der Waals surface area contributed by atoms with Gasteiger partial charge in [0.25, 0.3) is 0 Å². The quantitative estimate of drug-likeness (QED) is 0.723. The molecular formula is C10H10ClNO. The molecule has 0 spiro atoms. The summed E-state index contributed by atoms with van der Waals surface area (Å²) in [5, 5.41) is 3.14. The molecule has 0 aromatic heterocycles. The average molecular weight is 196 g/mol. The first-order chi connectivity index (χ1) is 6.13. The van der Waals surface area contributed by atoms with Crippen molar-refractivity contribution in [1.82, 2.24) is 0 Å². The van der Waals surface area contributed by atoms with Crippen molar-refractivity contribution in [1.29, 1.82) is 0 Å². The van der Waals surface area contributed by atoms with Crippen LogP contribution in [-0.2, 0) is 4.79 Å². The van der Waals surface area contributed by atoms with E-state index in [-0.39, 0.29) is 5.91 Å². The second kappa shape index (κ2) is 4.10. The van der Waals surface area contributed by atoms with Crippen LogP contribution in [0.25, 0.3) is 0 Å². The highest BCUT2D eigenvalue weighted by Crippen LogP contribution is 2.22. The number of carbonyl (C=O) groups is 1. The van der Waals surface area contributed by atoms with Crippen LogP contribution in [0.3, 0.4) is 0 Å². The molecular weight excluding hydrogens is 186 g/mol. The Morgan fingerprint density at radius 2 is 2.31 bits per heavy atom. The third kappa shape index (κ3) is 2.60. The van der Waals surface area contributed by atoms with Crippen LogP contribution in [0, 0.1) is 6.92 Å². The molecule has 0 radical (unpaired) electrons. The van der Waals surface area contributed by atoms with Crippen LogP contribution in [0.1, 0.15) is 5.56 Å². The summed E-state index contributed by atoms with van der Waals surface area (Å²) < 4.78 is 0. The van der Waals surface area contributed by atoms with Crippen molar-refractivity contribution in [2.24, 2.45) is 0 Å². The van der Waals surface area contributed by atoms with E-state index < -0.39 is 0 Å². The van der Waals surface area contributed by atoms with Gasteiger partial charge in [0, 0.05) is 0 Å². The molecule has 0 saturated carbocycles. The third-order valence-corrected chi connectivity index (χ3v) is 1.89. The summed E-state index contributed by atoms with van der Waals surface area (Å²) in [4.78, 5) is 11.0. The molecule has 0 heterocycles. The molecule has 13 heavy (non-hydrogen) atoms. The largest absolute Gasteiger partial charge is 0.321 e. The summed E-state index contributed by atoms with van der Waals surface area (Å²) >= 11 is 5.85. The summed E-state index contributed by atoms with van der Waals surface area (Å²) in [5.74, 6) is -0.257. The first-order valence-electron chi connectivity index (χ1n) is 3.83. The minimum absolute atomic E-state index is 0.257. The van der Waals surface area contributed by atoms with Crippen molar-refractivity contribution in [2.75, 3.05) is 5.32 Å². The lowest BCUT2D eigenvalue weighted by Crippen LogP contribution is -2.07. The zero-order chi connectivity index (χ0) is 9.84. The Morgan fingerprint density at radius 1 is 1.62 bits per heavy atom. The standard InChI is InChI=1S/C10H10ClNO/c1-3-10(13)12-9-6-7(2)4-5-8(9)11/h3-6H,1H2,2H3,(H,12,13). The molecule has 0 unspecified atom stereocenters. The molecule has 68 valence electrons. The van der Waals surface area contributed by atoms with Gasteiger partial charge in [0.15, 0.2) is 0 Å². The van der Waals surface area contributed by atoms with Gasteiger partial charge in [0.05, 0.1) is 10.7 Å². The first-order valence-corrected chi connectivity index (χ1v) is 4.21. The summed E-state index contributed by atoms with van der Waals surface area (Å²) in [5.41, 5.74) is 1.66. The van der Waals surface area contributed by atoms with Crippen LogP contribution < -0.4 is 5.32 Å². The van der Waals surface area contributed by atoms with Gasteiger partial charge < -0.3 is 5.32 Å². The van der Waals surface area contributed by atoms with Crippen molar-refractivity contribution in [3.05, 3.63) is 41.4 Å². The average Bonchev–Trinajstić information content (AvgIpc) is 2.11. The number of rotatable bonds is 2. The van der Waals surface area contributed by atoms with E-state index in [2.05, 4.69) is 11.9 Å². The van der Waals surface area contributed by atoms with Crippen LogP contribution in [-0.4, -0.2) is 5.91 Å². The molecule has 3 heteroatoms. The maximum absolute atomic E-state index is 11.0. The Labute approximate surface area is 82.2 Å². The van der Waals surface area contributed by atoms with Gasteiger partial charge >= 0.3 is 0 Å². The number of hydrogen-bond acceptors (Lipinski definition) is 1. The van der Waals surface area contributed by atoms with E-state index in [0.29, 0.717) is 10.7 Å². The second-order valence-electron chi connectivity index (χ2n) is 2.68. The van der Waals surface area contributed by atoms with Crippen molar-refractivity contribution >= 4 is 23.2 Å². The van der Waals surface area contributed by atoms with Crippen molar-refractivity contribution in [3.63, 3.8) is 0 Å². The molecule has 1 aromatic rings. The van der Waals surface area contributed by atoms with E-state index in [1.54, 1.807) is 6.07 Å². The Morgan fingerprint density at radius 3 is 2.92 bits per heavy atom. The molecule has 0 aliphatic rings. The van der Waals surface area contributed by atoms with E-state index in [1.807, 2.05) is 19.1 Å². The van der Waals surface area contributed by atoms with E-state index in [9.17, 15) is 4.79 Å². The molecule has 1 aromatic carbocycles. The molecule has 0 aliphatic carbocycles. The molecule has 1 amide bonds. The lowest BCUT2D eigenvalue weighted by atomic mass is 10.2. The number of aryl methyl sites for hydroxylation is 1. The SMILES string of the molecule is C=CC(=O)Nc1cc(C)ccc1Cl. The number of hydrogen-bond donors (Lipinski definition) is 1. The summed E-state index contributed by atoms with van der Waals surface area (Å²) in [6.07, 6.45) is 1.21. The fraction of sp³-hybridized carbons (Fsp3) is 0.100. The van der Waals surface area contributed by atoms with E-state index in [0.717, 1.165) is 5.56 Å². The van der Waals surface area contributed by atoms with Crippen molar-refractivity contribution < 1.29 is 4.79 Å². The van der Waals surface area contributed by atoms with E-state index in [1.165, 1.54) is 6.08 Å². The molecule has 2 nitrogen and oxygen atoms in total. The van der Waals surface area contributed by atoms with Crippen molar-refractivity contribution in [2.45, 2.75) is 6.92 Å². The third-order valence-electron chi connectivity index (χ3n) is 1.57. The molecule has 0 bridgehead atoms. The van der Waals surface area contributed by atoms with E-state index >= 15 is 0 Å². The fourth-order valence-corrected chi connectivity index (χ4v) is 1.08. The zero-order valence-corrected chi connectivity index (χ0v) is 8.06. The highest BCUT2D eigenvalue weighted by atomic mass is 35.5. The summed E-state index contributed by atoms with van der Waals surface area (Å²) in [6, 6.07) is 5.44. The zero-order valence-electron chi connectivity index (χ0n) is 7.30. The van der Waals surface area contributed by atoms with Gasteiger partial charge in [-0.1, -0.05) is 24.2 Å². The lowest BCUT2D eigenvalue weighted by molar-refractivity contribution is -0.111. The van der Waals surface area contributed by atoms with Crippen LogP contribution in [0.4, 0.5) is 5.69 Å². The monoisotopic (exact) mass is 195 g/mol. The molecule has 0 aliphatic heterocycles. The highest BCUT2D eigenvalue weighted by molar-refractivity contribution is 6.33. The van der Waals surface area contributed by atoms with Crippen LogP contribution in [0.5, 0.6) is 0 Å². The van der Waals surface area contributed by atoms with Gasteiger partial charge in [-0.15, -0.1) is 0 Å². The maximum Gasteiger partial charge on any atom is 0.247 e. The Kier molecular flexibility index (Phi) is 3.09. The second-order valence-corrected chi connectivity index (χ2v) is 3.08. The Hall–Kier alpha value is -1.28. The van der Waals surface area contributed by atoms with Crippen LogP contribution in [0.15, 0.2) is 30.9 Å². The minimum atomic E-state index is -0.257. The predicted octanol–water partition coefficient (Wildman–Crippen LogP) is 2.77. The number of nitrogens with one attached hydrogen (secondary N) is 1. The number of anilines is 1. The number of carbonyl (C=O) groups excluding carboxylic acids is 1. The Bertz CT molecular complexity index is 347.